The molecule has 0 aromatic carbocycles. The van der Waals surface area contributed by atoms with Gasteiger partial charge in [0.2, 0.25) is 57.2 Å². The third kappa shape index (κ3) is 29.8. The van der Waals surface area contributed by atoms with Crippen LogP contribution in [0.2, 0.25) is 54.4 Å². The molecule has 5 aliphatic rings. The van der Waals surface area contributed by atoms with Gasteiger partial charge in [0.05, 0.1) is 187 Å². The van der Waals surface area contributed by atoms with Crippen molar-refractivity contribution in [3.63, 3.8) is 0 Å². The Labute approximate surface area is 914 Å². The van der Waals surface area contributed by atoms with E-state index >= 15 is 0 Å². The Bertz CT molecular complexity index is 6220. The number of carbonyl (C=O) groups excluding carboxylic acids is 5. The number of fused-ring (bicyclic) bond motifs is 5. The number of hydrogen-bond donors (Lipinski definition) is 5. The zero-order chi connectivity index (χ0) is 109. The summed E-state index contributed by atoms with van der Waals surface area (Å²) in [6.07, 6.45) is 10.7. The van der Waals surface area contributed by atoms with Gasteiger partial charge in [-0.3, -0.25) is 52.1 Å². The zero-order valence-electron chi connectivity index (χ0n) is 86.6. The van der Waals surface area contributed by atoms with Crippen LogP contribution in [0.5, 0.6) is 28.7 Å². The van der Waals surface area contributed by atoms with Crippen LogP contribution < -0.4 is 70.7 Å². The van der Waals surface area contributed by atoms with Crippen molar-refractivity contribution in [3.05, 3.63) is 126 Å². The number of methoxy groups -OCH3 is 5. The van der Waals surface area contributed by atoms with Gasteiger partial charge < -0.3 is 70.6 Å². The highest BCUT2D eigenvalue weighted by atomic mass is 127. The third-order valence-corrected chi connectivity index (χ3v) is 48.8. The average molecular weight is 2750 g/mol. The van der Waals surface area contributed by atoms with Crippen molar-refractivity contribution < 1.29 is 104 Å². The summed E-state index contributed by atoms with van der Waals surface area (Å²) in [7, 11) is -13.6. The van der Waals surface area contributed by atoms with Crippen molar-refractivity contribution in [2.45, 2.75) is 307 Å². The number of alkyl halides is 1. The second kappa shape index (κ2) is 51.2. The molecule has 10 atom stereocenters. The highest BCUT2D eigenvalue weighted by Crippen LogP contribution is 2.50. The smallest absolute Gasteiger partial charge is 0.264 e. The number of aliphatic hydroxyl groups excluding tert-OH is 1. The Morgan fingerprint density at radius 2 is 0.585 bits per heavy atom. The van der Waals surface area contributed by atoms with Gasteiger partial charge in [-0.05, 0) is 232 Å². The first-order valence-electron chi connectivity index (χ1n) is 46.7. The fraction of sp³-hybridized carbons (Fsp3) is 0.674. The van der Waals surface area contributed by atoms with Crippen molar-refractivity contribution in [2.24, 2.45) is 5.73 Å². The molecule has 142 heavy (non-hydrogen) atoms. The maximum atomic E-state index is 13.1. The molecule has 0 aliphatic carbocycles. The molecular weight excluding hydrogens is 2610 g/mol. The van der Waals surface area contributed by atoms with Crippen molar-refractivity contribution in [2.75, 3.05) is 93.6 Å². The molecule has 0 saturated heterocycles. The van der Waals surface area contributed by atoms with Gasteiger partial charge in [0.1, 0.15) is 28.5 Å². The highest BCUT2D eigenvalue weighted by molar-refractivity contribution is 14.1. The molecule has 5 unspecified atom stereocenters. The number of nitrogens with two attached hydrogens (primary N) is 1. The predicted octanol–water partition coefficient (Wildman–Crippen LogP) is 16.2. The van der Waals surface area contributed by atoms with Gasteiger partial charge in [-0.1, -0.05) is 113 Å². The second-order valence-corrected chi connectivity index (χ2v) is 68.4. The van der Waals surface area contributed by atoms with Crippen LogP contribution in [0.4, 0.5) is 0 Å². The number of ketones is 5. The molecule has 10 rings (SSSR count). The number of nitrogens with one attached hydrogen (secondary N) is 3. The SMILES string of the molecule is CCCC(=O)c1c(OC)c(=O)c(I)c2n1[C@H](CO)CC2NS(C)(=O)=O.CCCC(=O)c1c(OC)c(=O)c(I)c2n1[C@H](COS(C)(=O)=O)CC2NS(C)(=O)=O.CCCC(=O)c1c(OC)c(=O)c(I)c2n1[C@H](CO[Si](C)(C)C(C)(C)C)CC2Br.CCCC(=O)c1c(OC)c(=O)c(I)c2n1[C@H](CO[Si](C)(C)C(C)(C)C)CC2N.CCCC(=O)c1c(OC)c(=O)c(I)c2n1[C@H](CO[Si](C)(C)C(C)(C)C)CC2NS(C)(=O)=O. The van der Waals surface area contributed by atoms with Crippen molar-refractivity contribution in [3.8, 4) is 28.7 Å². The Kier molecular flexibility index (Phi) is 45.8. The Morgan fingerprint density at radius 1 is 0.373 bits per heavy atom. The normalized spacial score (nSPS) is 19.4. The largest absolute Gasteiger partial charge is 0.491 e. The number of hydrogen-bond acceptors (Lipinski definition) is 29. The number of halogens is 6. The summed E-state index contributed by atoms with van der Waals surface area (Å²) in [5.74, 6) is -0.885. The highest BCUT2D eigenvalue weighted by Gasteiger charge is 2.49. The molecule has 10 heterocycles. The van der Waals surface area contributed by atoms with Crippen LogP contribution in [0.3, 0.4) is 0 Å². The lowest BCUT2D eigenvalue weighted by atomic mass is 10.1. The number of rotatable bonds is 39. The molecule has 0 bridgehead atoms. The number of aliphatic hydroxyl groups is 1. The number of Topliss-reactive ketones (excluding diaryl/α,β-unsaturated/α-hetero) is 5. The van der Waals surface area contributed by atoms with E-state index in [1.54, 1.807) is 38.6 Å². The number of aromatic nitrogens is 5. The fourth-order valence-corrected chi connectivity index (χ4v) is 28.2. The van der Waals surface area contributed by atoms with Crippen LogP contribution in [-0.4, -0.2) is 209 Å². The number of sulfonamides is 3. The topological polar surface area (TPSA) is 497 Å². The van der Waals surface area contributed by atoms with E-state index in [1.807, 2.05) is 105 Å². The molecular formula is C92H143BrI5N9O28S4Si3. The van der Waals surface area contributed by atoms with E-state index in [9.17, 15) is 86.7 Å². The molecule has 0 saturated carbocycles. The summed E-state index contributed by atoms with van der Waals surface area (Å²) in [5.41, 5.74) is 8.42. The molecule has 0 fully saturated rings. The first kappa shape index (κ1) is 127. The van der Waals surface area contributed by atoms with Crippen LogP contribution in [0, 0.1) is 17.9 Å². The molecule has 0 amide bonds. The van der Waals surface area contributed by atoms with E-state index in [1.165, 1.54) is 40.1 Å². The first-order valence-corrected chi connectivity index (χ1v) is 69.2. The van der Waals surface area contributed by atoms with Crippen LogP contribution in [-0.2, 0) is 57.6 Å². The molecule has 0 radical (unpaired) electrons. The Hall–Kier alpha value is -3.68. The zero-order valence-corrected chi connectivity index (χ0v) is 105. The second-order valence-electron chi connectivity index (χ2n) is 40.5. The first-order chi connectivity index (χ1) is 65.2. The molecule has 6 N–H and O–H groups in total. The van der Waals surface area contributed by atoms with Crippen molar-refractivity contribution in [1.29, 1.82) is 0 Å². The molecule has 5 aliphatic heterocycles. The van der Waals surface area contributed by atoms with Gasteiger partial charge in [-0.25, -0.2) is 39.4 Å². The molecule has 5 aromatic rings. The van der Waals surface area contributed by atoms with Gasteiger partial charge in [0.25, 0.3) is 10.1 Å². The van der Waals surface area contributed by atoms with Crippen molar-refractivity contribution in [1.82, 2.24) is 37.0 Å². The molecule has 5 aromatic heterocycles. The lowest BCUT2D eigenvalue weighted by Crippen LogP contribution is -2.42. The monoisotopic (exact) mass is 2750 g/mol. The fourth-order valence-electron chi connectivity index (χ4n) is 16.8. The van der Waals surface area contributed by atoms with Crippen molar-refractivity contribution >= 4 is 223 Å². The van der Waals surface area contributed by atoms with Gasteiger partial charge in [0, 0.05) is 43.8 Å². The third-order valence-electron chi connectivity index (χ3n) is 26.5. The Balaban J connectivity index is 0.000000272. The lowest BCUT2D eigenvalue weighted by molar-refractivity contribution is 0.0954. The molecule has 0 spiro atoms. The number of ether oxygens (including phenoxy) is 5. The van der Waals surface area contributed by atoms with Crippen LogP contribution in [0.15, 0.2) is 24.0 Å². The summed E-state index contributed by atoms with van der Waals surface area (Å²) >= 11 is 13.4. The summed E-state index contributed by atoms with van der Waals surface area (Å²) < 4.78 is 164. The van der Waals surface area contributed by atoms with Crippen LogP contribution in [0.25, 0.3) is 0 Å². The van der Waals surface area contributed by atoms with Gasteiger partial charge >= 0.3 is 0 Å². The van der Waals surface area contributed by atoms with E-state index < -0.39 is 112 Å². The van der Waals surface area contributed by atoms with Gasteiger partial charge in [0.15, 0.2) is 82.6 Å². The summed E-state index contributed by atoms with van der Waals surface area (Å²) in [4.78, 5) is 129. The van der Waals surface area contributed by atoms with E-state index in [0.29, 0.717) is 110 Å². The quantitative estimate of drug-likeness (QED) is 0.00802. The summed E-state index contributed by atoms with van der Waals surface area (Å²) in [6.45, 7) is 43.0. The van der Waals surface area contributed by atoms with Gasteiger partial charge in [-0.2, -0.15) is 8.42 Å². The minimum atomic E-state index is -3.78. The number of nitrogens with zero attached hydrogens (tertiary/aromatic N) is 5. The average Bonchev–Trinajstić information content (AvgIpc) is 1.58. The maximum absolute atomic E-state index is 13.1. The molecule has 37 nitrogen and oxygen atoms in total. The van der Waals surface area contributed by atoms with Gasteiger partial charge in [-0.15, -0.1) is 0 Å². The number of pyridine rings is 5. The van der Waals surface area contributed by atoms with E-state index in [0.717, 1.165) is 49.3 Å². The number of carbonyl (C=O) groups is 5. The summed E-state index contributed by atoms with van der Waals surface area (Å²) in [5, 5.41) is 9.95. The van der Waals surface area contributed by atoms with Crippen LogP contribution in [0.1, 0.15) is 333 Å². The van der Waals surface area contributed by atoms with Crippen LogP contribution >= 0.6 is 129 Å². The standard InChI is InChI=1S/C21H35IN2O6SSi.C20H31BrINO4Si.C20H33IN2O4Si.C16H23IN2O8S2.C15H21IN2O6S/c1-9-10-15(25)18-20(29-5)19(26)16(22)17-14(23-31(6,27)28)11-13(24(17)18)12-30-32(7,8)21(2,3)4;1-8-9-14(24)17-19(26-5)18(25)15(22)16-13(21)10-12(23(16)17)11-27-28(6,7)20(2,3)4;1-8-9-14(24)17-19(26-5)18(25)15(21)16-13(22)10-12(23(16)17)11-27-28(6,7)20(2,3)4;1-5-6-11(20)14-16(26-2)15(21)12(17)13-10(18-28(3,22)23)7-9(19(13)14)8-27-29(4,24)25;1-4-5-10(20)13-15(24-2)14(21)11(16)12-9(17-25(3,22)23)6-8(7-19)18(12)13/h13-14,23H,9-12H2,1-8H3;12-13H,8-11H2,1-7H3;12-13H,8-11,22H2,1-7H3;9-10,18H,5-8H2,1-4H3;8-9,17,19H,4-7H2,1-3H3/t13-,14?;2*12-,13?;9-,10?;8-,9?/m00000/s1. The minimum absolute atomic E-state index is 0.00460. The predicted molar refractivity (Wildman–Crippen MR) is 602 cm³/mol. The molecule has 802 valence electrons. The molecule has 50 heteroatoms. The van der Waals surface area contributed by atoms with E-state index in [2.05, 4.69) is 154 Å². The van der Waals surface area contributed by atoms with E-state index in [-0.39, 0.29) is 182 Å². The Morgan fingerprint density at radius 3 is 0.817 bits per heavy atom. The maximum Gasteiger partial charge on any atom is 0.264 e. The minimum Gasteiger partial charge on any atom is -0.491 e. The summed E-state index contributed by atoms with van der Waals surface area (Å²) in [6, 6.07) is -4.06. The van der Waals surface area contributed by atoms with E-state index in [4.69, 9.17) is 46.9 Å². The lowest BCUT2D eigenvalue weighted by Gasteiger charge is -2.37.